The van der Waals surface area contributed by atoms with Crippen molar-refractivity contribution >= 4 is 5.91 Å². The van der Waals surface area contributed by atoms with Crippen LogP contribution in [0.4, 0.5) is 4.39 Å². The van der Waals surface area contributed by atoms with Crippen LogP contribution in [0.3, 0.4) is 0 Å². The monoisotopic (exact) mass is 462 g/mol. The van der Waals surface area contributed by atoms with Crippen molar-refractivity contribution in [3.8, 4) is 17.1 Å². The third-order valence-corrected chi connectivity index (χ3v) is 5.62. The first-order valence-corrected chi connectivity index (χ1v) is 10.8. The normalized spacial score (nSPS) is 18.3. The molecule has 1 atom stereocenters. The Hall–Kier alpha value is -3.96. The maximum atomic E-state index is 13.8. The van der Waals surface area contributed by atoms with Gasteiger partial charge in [0.1, 0.15) is 18.1 Å². The number of ether oxygens (including phenoxy) is 1. The van der Waals surface area contributed by atoms with Crippen LogP contribution in [0.2, 0.25) is 0 Å². The summed E-state index contributed by atoms with van der Waals surface area (Å²) >= 11 is 0. The summed E-state index contributed by atoms with van der Waals surface area (Å²) in [6.07, 6.45) is 6.61. The van der Waals surface area contributed by atoms with Gasteiger partial charge in [0.05, 0.1) is 42.1 Å². The number of benzene rings is 1. The molecule has 0 aliphatic carbocycles. The first-order valence-electron chi connectivity index (χ1n) is 10.8. The molecule has 4 aromatic rings. The van der Waals surface area contributed by atoms with Crippen LogP contribution in [-0.4, -0.2) is 59.6 Å². The van der Waals surface area contributed by atoms with E-state index >= 15 is 0 Å². The summed E-state index contributed by atoms with van der Waals surface area (Å²) in [6, 6.07) is 10.1. The van der Waals surface area contributed by atoms with E-state index in [1.165, 1.54) is 15.8 Å². The highest BCUT2D eigenvalue weighted by molar-refractivity contribution is 5.98. The topological polar surface area (TPSA) is 117 Å². The largest absolute Gasteiger partial charge is 0.341 e. The molecule has 0 saturated carbocycles. The van der Waals surface area contributed by atoms with Crippen LogP contribution in [-0.2, 0) is 11.3 Å². The van der Waals surface area contributed by atoms with E-state index < -0.39 is 11.7 Å². The third kappa shape index (κ3) is 4.18. The zero-order valence-electron chi connectivity index (χ0n) is 18.5. The second-order valence-electron chi connectivity index (χ2n) is 8.10. The fraction of sp³-hybridized carbons (Fsp3) is 0.261. The summed E-state index contributed by atoms with van der Waals surface area (Å²) in [6.45, 7) is 2.84. The molecule has 10 nitrogen and oxygen atoms in total. The van der Waals surface area contributed by atoms with Gasteiger partial charge in [-0.2, -0.15) is 20.1 Å². The molecule has 4 heterocycles. The van der Waals surface area contributed by atoms with Crippen molar-refractivity contribution in [2.75, 3.05) is 13.2 Å². The molecule has 1 amide bonds. The SMILES string of the molecule is Cc1ccc(-n2nccn2)c(C(=O)N2CCCOC2(N)Cn2ccc(-c3ccc(F)cn3)n2)c1. The van der Waals surface area contributed by atoms with Gasteiger partial charge < -0.3 is 4.74 Å². The number of hydrogen-bond acceptors (Lipinski definition) is 7. The van der Waals surface area contributed by atoms with Crippen molar-refractivity contribution in [1.82, 2.24) is 34.7 Å². The molecule has 11 heteroatoms. The number of pyridine rings is 1. The van der Waals surface area contributed by atoms with Crippen molar-refractivity contribution in [2.24, 2.45) is 5.73 Å². The number of carbonyl (C=O) groups excluding carboxylic acids is 1. The molecule has 1 aromatic carbocycles. The second kappa shape index (κ2) is 8.76. The van der Waals surface area contributed by atoms with Crippen LogP contribution in [0.1, 0.15) is 22.3 Å². The van der Waals surface area contributed by atoms with Gasteiger partial charge in [-0.3, -0.25) is 25.1 Å². The van der Waals surface area contributed by atoms with Crippen LogP contribution < -0.4 is 5.73 Å². The number of carbonyl (C=O) groups is 1. The molecule has 1 saturated heterocycles. The van der Waals surface area contributed by atoms with Gasteiger partial charge in [-0.25, -0.2) is 4.39 Å². The molecule has 1 aliphatic heterocycles. The van der Waals surface area contributed by atoms with Crippen molar-refractivity contribution in [2.45, 2.75) is 25.7 Å². The molecule has 0 spiro atoms. The third-order valence-electron chi connectivity index (χ3n) is 5.62. The number of aryl methyl sites for hydroxylation is 1. The first kappa shape index (κ1) is 21.9. The summed E-state index contributed by atoms with van der Waals surface area (Å²) in [5.74, 6) is -2.13. The molecule has 174 valence electrons. The number of aromatic nitrogens is 6. The van der Waals surface area contributed by atoms with Crippen molar-refractivity contribution < 1.29 is 13.9 Å². The highest BCUT2D eigenvalue weighted by atomic mass is 19.1. The lowest BCUT2D eigenvalue weighted by molar-refractivity contribution is -0.172. The number of nitrogens with two attached hydrogens (primary N) is 1. The zero-order chi connectivity index (χ0) is 23.7. The van der Waals surface area contributed by atoms with E-state index in [-0.39, 0.29) is 12.5 Å². The second-order valence-corrected chi connectivity index (χ2v) is 8.10. The minimum Gasteiger partial charge on any atom is -0.341 e. The van der Waals surface area contributed by atoms with Gasteiger partial charge in [0.2, 0.25) is 5.85 Å². The van der Waals surface area contributed by atoms with E-state index in [0.29, 0.717) is 42.2 Å². The van der Waals surface area contributed by atoms with Crippen LogP contribution in [0, 0.1) is 12.7 Å². The Kier molecular flexibility index (Phi) is 5.64. The average molecular weight is 462 g/mol. The lowest BCUT2D eigenvalue weighted by atomic mass is 10.1. The Morgan fingerprint density at radius 3 is 2.76 bits per heavy atom. The van der Waals surface area contributed by atoms with Gasteiger partial charge in [0.15, 0.2) is 0 Å². The Morgan fingerprint density at radius 1 is 1.18 bits per heavy atom. The lowest BCUT2D eigenvalue weighted by Crippen LogP contribution is -2.65. The summed E-state index contributed by atoms with van der Waals surface area (Å²) in [5.41, 5.74) is 9.65. The number of amides is 1. The maximum Gasteiger partial charge on any atom is 0.259 e. The minimum absolute atomic E-state index is 0.0983. The van der Waals surface area contributed by atoms with Crippen LogP contribution >= 0.6 is 0 Å². The van der Waals surface area contributed by atoms with Gasteiger partial charge in [-0.05, 0) is 43.7 Å². The van der Waals surface area contributed by atoms with Crippen LogP contribution in [0.15, 0.2) is 61.2 Å². The lowest BCUT2D eigenvalue weighted by Gasteiger charge is -2.43. The molecule has 5 rings (SSSR count). The number of nitrogens with zero attached hydrogens (tertiary/aromatic N) is 7. The van der Waals surface area contributed by atoms with E-state index in [9.17, 15) is 9.18 Å². The van der Waals surface area contributed by atoms with E-state index in [4.69, 9.17) is 10.5 Å². The van der Waals surface area contributed by atoms with Crippen LogP contribution in [0.5, 0.6) is 0 Å². The Balaban J connectivity index is 1.44. The highest BCUT2D eigenvalue weighted by Gasteiger charge is 2.41. The molecule has 1 unspecified atom stereocenters. The fourth-order valence-corrected chi connectivity index (χ4v) is 3.97. The average Bonchev–Trinajstić information content (AvgIpc) is 3.52. The molecular weight excluding hydrogens is 439 g/mol. The highest BCUT2D eigenvalue weighted by Crippen LogP contribution is 2.26. The molecular formula is C23H23FN8O2. The minimum atomic E-state index is -1.42. The van der Waals surface area contributed by atoms with Crippen molar-refractivity contribution in [3.63, 3.8) is 0 Å². The molecule has 0 bridgehead atoms. The summed E-state index contributed by atoms with van der Waals surface area (Å²) in [4.78, 5) is 20.7. The van der Waals surface area contributed by atoms with Crippen molar-refractivity contribution in [3.05, 3.63) is 78.1 Å². The predicted molar refractivity (Wildman–Crippen MR) is 120 cm³/mol. The smallest absolute Gasteiger partial charge is 0.259 e. The van der Waals surface area contributed by atoms with E-state index in [1.807, 2.05) is 13.0 Å². The number of halogens is 1. The zero-order valence-corrected chi connectivity index (χ0v) is 18.5. The van der Waals surface area contributed by atoms with Gasteiger partial charge in [0.25, 0.3) is 5.91 Å². The quantitative estimate of drug-likeness (QED) is 0.483. The van der Waals surface area contributed by atoms with E-state index in [2.05, 4.69) is 20.3 Å². The van der Waals surface area contributed by atoms with Gasteiger partial charge >= 0.3 is 0 Å². The van der Waals surface area contributed by atoms with Crippen molar-refractivity contribution in [1.29, 1.82) is 0 Å². The number of rotatable bonds is 5. The summed E-state index contributed by atoms with van der Waals surface area (Å²) in [7, 11) is 0. The Bertz CT molecular complexity index is 1310. The fourth-order valence-electron chi connectivity index (χ4n) is 3.97. The number of hydrogen-bond donors (Lipinski definition) is 1. The maximum absolute atomic E-state index is 13.8. The molecule has 1 aliphatic rings. The van der Waals surface area contributed by atoms with E-state index in [0.717, 1.165) is 11.8 Å². The van der Waals surface area contributed by atoms with E-state index in [1.54, 1.807) is 47.5 Å². The van der Waals surface area contributed by atoms with Crippen LogP contribution in [0.25, 0.3) is 17.1 Å². The molecule has 34 heavy (non-hydrogen) atoms. The molecule has 2 N–H and O–H groups in total. The van der Waals surface area contributed by atoms with Gasteiger partial charge in [0, 0.05) is 12.7 Å². The van der Waals surface area contributed by atoms with Gasteiger partial charge in [-0.1, -0.05) is 11.6 Å². The molecule has 1 fully saturated rings. The standard InChI is InChI=1S/C23H23FN8O2/c1-16-3-6-21(32-27-8-9-28-32)18(13-16)22(33)31-10-2-12-34-23(31,25)15-30-11-7-20(29-30)19-5-4-17(24)14-26-19/h3-9,11,13-14H,2,10,12,15,25H2,1H3. The predicted octanol–water partition coefficient (Wildman–Crippen LogP) is 2.15. The summed E-state index contributed by atoms with van der Waals surface area (Å²) in [5, 5.41) is 12.8. The first-order chi connectivity index (χ1) is 16.4. The van der Waals surface area contributed by atoms with Gasteiger partial charge in [-0.15, -0.1) is 0 Å². The molecule has 3 aromatic heterocycles. The molecule has 0 radical (unpaired) electrons. The Morgan fingerprint density at radius 2 is 2.00 bits per heavy atom. The Labute approximate surface area is 194 Å². The summed E-state index contributed by atoms with van der Waals surface area (Å²) < 4.78 is 20.7.